The van der Waals surface area contributed by atoms with Crippen molar-refractivity contribution in [1.29, 1.82) is 0 Å². The van der Waals surface area contributed by atoms with Crippen LogP contribution < -0.4 is 11.1 Å². The van der Waals surface area contributed by atoms with E-state index in [4.69, 9.17) is 5.73 Å². The van der Waals surface area contributed by atoms with Crippen molar-refractivity contribution < 1.29 is 0 Å². The summed E-state index contributed by atoms with van der Waals surface area (Å²) in [6.07, 6.45) is 7.68. The fourth-order valence-electron chi connectivity index (χ4n) is 2.35. The summed E-state index contributed by atoms with van der Waals surface area (Å²) in [6, 6.07) is 10.1. The van der Waals surface area contributed by atoms with Crippen LogP contribution >= 0.6 is 0 Å². The van der Waals surface area contributed by atoms with Gasteiger partial charge in [0.1, 0.15) is 0 Å². The predicted molar refractivity (Wildman–Crippen MR) is 84.2 cm³/mol. The first-order valence-electron chi connectivity index (χ1n) is 7.44. The van der Waals surface area contributed by atoms with Crippen LogP contribution in [-0.2, 0) is 6.54 Å². The summed E-state index contributed by atoms with van der Waals surface area (Å²) in [5, 5.41) is 7.41. The molecule has 21 heavy (non-hydrogen) atoms. The predicted octanol–water partition coefficient (Wildman–Crippen LogP) is 2.08. The maximum absolute atomic E-state index is 5.88. The highest BCUT2D eigenvalue weighted by Crippen LogP contribution is 2.24. The van der Waals surface area contributed by atoms with Crippen LogP contribution in [0.3, 0.4) is 0 Å². The molecule has 3 rings (SSSR count). The normalized spacial score (nSPS) is 15.7. The average molecular weight is 283 g/mol. The van der Waals surface area contributed by atoms with Crippen LogP contribution in [0.5, 0.6) is 0 Å². The van der Waals surface area contributed by atoms with E-state index in [9.17, 15) is 0 Å². The Labute approximate surface area is 124 Å². The third-order valence-corrected chi connectivity index (χ3v) is 3.93. The average Bonchev–Trinajstić information content (AvgIpc) is 2.98. The second-order valence-electron chi connectivity index (χ2n) is 5.50. The van der Waals surface area contributed by atoms with E-state index >= 15 is 0 Å². The van der Waals surface area contributed by atoms with Gasteiger partial charge in [-0.2, -0.15) is 5.10 Å². The smallest absolute Gasteiger partial charge is 0.188 e. The highest BCUT2D eigenvalue weighted by Gasteiger charge is 2.16. The lowest BCUT2D eigenvalue weighted by Crippen LogP contribution is -2.37. The zero-order valence-electron chi connectivity index (χ0n) is 12.1. The van der Waals surface area contributed by atoms with Crippen molar-refractivity contribution in [1.82, 2.24) is 15.1 Å². The van der Waals surface area contributed by atoms with Crippen LogP contribution in [0, 0.1) is 5.92 Å². The number of hydrogen-bond acceptors (Lipinski definition) is 2. The second kappa shape index (κ2) is 6.43. The Morgan fingerprint density at radius 1 is 1.33 bits per heavy atom. The van der Waals surface area contributed by atoms with Crippen molar-refractivity contribution in [3.63, 3.8) is 0 Å². The molecule has 5 nitrogen and oxygen atoms in total. The molecule has 0 atom stereocenters. The third kappa shape index (κ3) is 3.62. The van der Waals surface area contributed by atoms with E-state index in [1.807, 2.05) is 29.1 Å². The van der Waals surface area contributed by atoms with Gasteiger partial charge in [-0.3, -0.25) is 0 Å². The van der Waals surface area contributed by atoms with Crippen LogP contribution in [0.2, 0.25) is 0 Å². The molecule has 1 aromatic heterocycles. The summed E-state index contributed by atoms with van der Waals surface area (Å²) in [6.45, 7) is 1.55. The second-order valence-corrected chi connectivity index (χ2v) is 5.50. The summed E-state index contributed by atoms with van der Waals surface area (Å²) in [4.78, 5) is 4.38. The standard InChI is InChI=1S/C16H21N5/c17-16(18-11-13-3-1-4-13)19-12-14-5-7-15(8-6-14)21-10-2-9-20-21/h2,5-10,13H,1,3-4,11-12H2,(H3,17,18,19). The van der Waals surface area contributed by atoms with Gasteiger partial charge in [-0.05, 0) is 42.5 Å². The molecule has 3 N–H and O–H groups in total. The molecular weight excluding hydrogens is 262 g/mol. The molecule has 0 saturated heterocycles. The minimum absolute atomic E-state index is 0.540. The van der Waals surface area contributed by atoms with Crippen LogP contribution in [0.4, 0.5) is 0 Å². The van der Waals surface area contributed by atoms with Crippen LogP contribution in [0.1, 0.15) is 24.8 Å². The zero-order valence-corrected chi connectivity index (χ0v) is 12.1. The molecule has 1 heterocycles. The molecule has 1 aliphatic rings. The molecule has 0 aliphatic heterocycles. The van der Waals surface area contributed by atoms with Gasteiger partial charge in [0.2, 0.25) is 0 Å². The van der Waals surface area contributed by atoms with E-state index in [-0.39, 0.29) is 0 Å². The highest BCUT2D eigenvalue weighted by atomic mass is 15.3. The van der Waals surface area contributed by atoms with E-state index in [0.29, 0.717) is 12.5 Å². The van der Waals surface area contributed by atoms with Crippen LogP contribution in [-0.4, -0.2) is 22.3 Å². The molecule has 110 valence electrons. The molecule has 0 amide bonds. The molecule has 1 fully saturated rings. The Morgan fingerprint density at radius 2 is 2.14 bits per heavy atom. The first-order chi connectivity index (χ1) is 10.3. The van der Waals surface area contributed by atoms with E-state index in [2.05, 4.69) is 27.5 Å². The summed E-state index contributed by atoms with van der Waals surface area (Å²) in [5.41, 5.74) is 8.06. The van der Waals surface area contributed by atoms with Gasteiger partial charge >= 0.3 is 0 Å². The van der Waals surface area contributed by atoms with Gasteiger partial charge in [0, 0.05) is 18.9 Å². The molecule has 0 radical (unpaired) electrons. The first kappa shape index (κ1) is 13.7. The topological polar surface area (TPSA) is 68.2 Å². The van der Waals surface area contributed by atoms with Crippen molar-refractivity contribution in [2.45, 2.75) is 25.8 Å². The lowest BCUT2D eigenvalue weighted by atomic mass is 9.85. The SMILES string of the molecule is NC(=NCc1ccc(-n2cccn2)cc1)NCC1CCC1. The summed E-state index contributed by atoms with van der Waals surface area (Å²) < 4.78 is 1.83. The van der Waals surface area contributed by atoms with Gasteiger partial charge in [0.15, 0.2) is 5.96 Å². The molecule has 1 saturated carbocycles. The van der Waals surface area contributed by atoms with Gasteiger partial charge in [0.25, 0.3) is 0 Å². The Morgan fingerprint density at radius 3 is 2.76 bits per heavy atom. The number of nitrogens with one attached hydrogen (secondary N) is 1. The van der Waals surface area contributed by atoms with Crippen LogP contribution in [0.25, 0.3) is 5.69 Å². The maximum atomic E-state index is 5.88. The maximum Gasteiger partial charge on any atom is 0.188 e. The Kier molecular flexibility index (Phi) is 4.19. The van der Waals surface area contributed by atoms with Gasteiger partial charge < -0.3 is 11.1 Å². The minimum Gasteiger partial charge on any atom is -0.370 e. The van der Waals surface area contributed by atoms with Crippen molar-refractivity contribution in [2.75, 3.05) is 6.54 Å². The molecule has 5 heteroatoms. The molecule has 0 unspecified atom stereocenters. The van der Waals surface area contributed by atoms with Crippen molar-refractivity contribution in [3.8, 4) is 5.69 Å². The van der Waals surface area contributed by atoms with Gasteiger partial charge in [-0.1, -0.05) is 18.6 Å². The van der Waals surface area contributed by atoms with E-state index in [1.54, 1.807) is 6.20 Å². The minimum atomic E-state index is 0.540. The van der Waals surface area contributed by atoms with Gasteiger partial charge in [0.05, 0.1) is 12.2 Å². The van der Waals surface area contributed by atoms with Gasteiger partial charge in [-0.25, -0.2) is 9.67 Å². The van der Waals surface area contributed by atoms with Crippen molar-refractivity contribution >= 4 is 5.96 Å². The number of nitrogens with two attached hydrogens (primary N) is 1. The lowest BCUT2D eigenvalue weighted by Gasteiger charge is -2.25. The molecule has 0 spiro atoms. The zero-order chi connectivity index (χ0) is 14.5. The van der Waals surface area contributed by atoms with Crippen molar-refractivity contribution in [3.05, 3.63) is 48.3 Å². The van der Waals surface area contributed by atoms with Gasteiger partial charge in [-0.15, -0.1) is 0 Å². The molecule has 2 aromatic rings. The Bertz CT molecular complexity index is 582. The fourth-order valence-corrected chi connectivity index (χ4v) is 2.35. The number of nitrogens with zero attached hydrogens (tertiary/aromatic N) is 3. The first-order valence-corrected chi connectivity index (χ1v) is 7.44. The fraction of sp³-hybridized carbons (Fsp3) is 0.375. The summed E-state index contributed by atoms with van der Waals surface area (Å²) >= 11 is 0. The number of guanidine groups is 1. The number of aromatic nitrogens is 2. The highest BCUT2D eigenvalue weighted by molar-refractivity contribution is 5.77. The lowest BCUT2D eigenvalue weighted by molar-refractivity contribution is 0.315. The van der Waals surface area contributed by atoms with E-state index in [0.717, 1.165) is 23.7 Å². The molecule has 0 bridgehead atoms. The Hall–Kier alpha value is -2.30. The number of aliphatic imine (C=N–C) groups is 1. The van der Waals surface area contributed by atoms with Crippen molar-refractivity contribution in [2.24, 2.45) is 16.6 Å². The van der Waals surface area contributed by atoms with Crippen LogP contribution in [0.15, 0.2) is 47.7 Å². The number of hydrogen-bond donors (Lipinski definition) is 2. The van der Waals surface area contributed by atoms with E-state index < -0.39 is 0 Å². The quantitative estimate of drug-likeness (QED) is 0.652. The largest absolute Gasteiger partial charge is 0.370 e. The molecule has 1 aromatic carbocycles. The third-order valence-electron chi connectivity index (χ3n) is 3.93. The Balaban J connectivity index is 1.52. The van der Waals surface area contributed by atoms with E-state index in [1.165, 1.54) is 19.3 Å². The summed E-state index contributed by atoms with van der Waals surface area (Å²) in [7, 11) is 0. The molecule has 1 aliphatic carbocycles. The monoisotopic (exact) mass is 283 g/mol. The number of rotatable bonds is 5. The number of benzene rings is 1. The molecular formula is C16H21N5. The summed E-state index contributed by atoms with van der Waals surface area (Å²) in [5.74, 6) is 1.32.